The van der Waals surface area contributed by atoms with Gasteiger partial charge in [0.25, 0.3) is 6.43 Å². The van der Waals surface area contributed by atoms with Crippen LogP contribution in [0.15, 0.2) is 30.6 Å². The monoisotopic (exact) mass is 454 g/mol. The van der Waals surface area contributed by atoms with Gasteiger partial charge in [0.05, 0.1) is 24.0 Å². The van der Waals surface area contributed by atoms with Crippen LogP contribution in [0.4, 0.5) is 14.7 Å². The zero-order valence-electron chi connectivity index (χ0n) is 19.0. The van der Waals surface area contributed by atoms with Gasteiger partial charge in [0.1, 0.15) is 11.3 Å². The first-order valence-electron chi connectivity index (χ1n) is 11.3. The Kier molecular flexibility index (Phi) is 5.69. The molecule has 1 aliphatic rings. The highest BCUT2D eigenvalue weighted by atomic mass is 19.3. The molecule has 0 atom stereocenters. The van der Waals surface area contributed by atoms with Crippen molar-refractivity contribution in [2.45, 2.75) is 57.7 Å². The molecule has 8 nitrogen and oxygen atoms in total. The maximum atomic E-state index is 13.0. The Bertz CT molecular complexity index is 1270. The summed E-state index contributed by atoms with van der Waals surface area (Å²) in [5.74, 6) is 1.13. The summed E-state index contributed by atoms with van der Waals surface area (Å²) in [5, 5.41) is 8.11. The van der Waals surface area contributed by atoms with E-state index in [0.717, 1.165) is 36.8 Å². The Labute approximate surface area is 190 Å². The number of aromatic nitrogens is 6. The second-order valence-electron chi connectivity index (χ2n) is 8.95. The molecule has 0 saturated heterocycles. The molecule has 0 aliphatic heterocycles. The van der Waals surface area contributed by atoms with Crippen molar-refractivity contribution in [1.29, 1.82) is 0 Å². The third-order valence-electron chi connectivity index (χ3n) is 6.56. The van der Waals surface area contributed by atoms with Crippen LogP contribution in [0, 0.1) is 6.92 Å². The molecule has 0 amide bonds. The number of pyridine rings is 1. The number of nitrogens with zero attached hydrogens (tertiary/aromatic N) is 7. The van der Waals surface area contributed by atoms with Crippen molar-refractivity contribution in [3.63, 3.8) is 0 Å². The highest BCUT2D eigenvalue weighted by Gasteiger charge is 2.23. The van der Waals surface area contributed by atoms with Crippen molar-refractivity contribution in [3.05, 3.63) is 36.4 Å². The van der Waals surface area contributed by atoms with E-state index in [-0.39, 0.29) is 0 Å². The maximum Gasteiger partial charge on any atom is 0.256 e. The van der Waals surface area contributed by atoms with E-state index in [9.17, 15) is 8.78 Å². The summed E-state index contributed by atoms with van der Waals surface area (Å²) in [6.45, 7) is 1.29. The zero-order chi connectivity index (χ0) is 23.1. The molecule has 4 aromatic heterocycles. The molecule has 4 aromatic rings. The van der Waals surface area contributed by atoms with Gasteiger partial charge in [-0.2, -0.15) is 0 Å². The zero-order valence-corrected chi connectivity index (χ0v) is 19.0. The average molecular weight is 455 g/mol. The molecule has 1 fully saturated rings. The van der Waals surface area contributed by atoms with E-state index in [1.807, 2.05) is 24.4 Å². The van der Waals surface area contributed by atoms with Gasteiger partial charge in [0.2, 0.25) is 5.95 Å². The summed E-state index contributed by atoms with van der Waals surface area (Å²) in [6, 6.07) is 6.61. The number of alkyl halides is 2. The highest BCUT2D eigenvalue weighted by Crippen LogP contribution is 2.27. The van der Waals surface area contributed by atoms with Crippen LogP contribution in [0.1, 0.15) is 31.5 Å². The minimum atomic E-state index is -2.47. The Balaban J connectivity index is 1.39. The molecule has 33 heavy (non-hydrogen) atoms. The van der Waals surface area contributed by atoms with Crippen molar-refractivity contribution in [1.82, 2.24) is 34.0 Å². The van der Waals surface area contributed by atoms with Gasteiger partial charge in [-0.15, -0.1) is 5.10 Å². The van der Waals surface area contributed by atoms with Gasteiger partial charge in [0, 0.05) is 23.8 Å². The number of fused-ring (bicyclic) bond motifs is 2. The molecule has 1 N–H and O–H groups in total. The second kappa shape index (κ2) is 8.66. The molecular formula is C23H28F2N8. The third kappa shape index (κ3) is 4.27. The van der Waals surface area contributed by atoms with Crippen LogP contribution in [-0.2, 0) is 6.54 Å². The van der Waals surface area contributed by atoms with E-state index < -0.39 is 13.0 Å². The van der Waals surface area contributed by atoms with Crippen LogP contribution in [0.5, 0.6) is 0 Å². The van der Waals surface area contributed by atoms with Gasteiger partial charge >= 0.3 is 0 Å². The highest BCUT2D eigenvalue weighted by molar-refractivity contribution is 5.82. The largest absolute Gasteiger partial charge is 0.350 e. The van der Waals surface area contributed by atoms with Crippen LogP contribution in [0.2, 0.25) is 0 Å². The lowest BCUT2D eigenvalue weighted by Crippen LogP contribution is -2.36. The van der Waals surface area contributed by atoms with Gasteiger partial charge in [0.15, 0.2) is 5.65 Å². The van der Waals surface area contributed by atoms with Crippen LogP contribution < -0.4 is 5.32 Å². The molecule has 1 aliphatic carbocycles. The van der Waals surface area contributed by atoms with E-state index in [1.54, 1.807) is 17.6 Å². The lowest BCUT2D eigenvalue weighted by Gasteiger charge is -2.32. The summed E-state index contributed by atoms with van der Waals surface area (Å²) in [4.78, 5) is 15.9. The number of imidazole rings is 1. The topological polar surface area (TPSA) is 76.2 Å². The third-order valence-corrected chi connectivity index (χ3v) is 6.56. The maximum absolute atomic E-state index is 13.0. The average Bonchev–Trinajstić information content (AvgIpc) is 3.34. The standard InChI is InChI=1S/C23H28F2N8/c1-14-27-19-9-8-18(29-22(19)32(14)13-21(24)25)17-10-11-33-20(17)12-26-23(30-33)28-15-4-6-16(7-5-15)31(2)3/h8-12,15-16,21H,4-7,13H2,1-3H3,(H,28,30). The second-order valence-corrected chi connectivity index (χ2v) is 8.95. The van der Waals surface area contributed by atoms with Crippen LogP contribution >= 0.6 is 0 Å². The van der Waals surface area contributed by atoms with Crippen LogP contribution in [0.25, 0.3) is 27.9 Å². The number of rotatable bonds is 6. The van der Waals surface area contributed by atoms with Crippen LogP contribution in [0.3, 0.4) is 0 Å². The first kappa shape index (κ1) is 21.7. The SMILES string of the molecule is Cc1nc2ccc(-c3ccn4nc(NC5CCC(N(C)C)CC5)ncc34)nc2n1CC(F)F. The summed E-state index contributed by atoms with van der Waals surface area (Å²) in [7, 11) is 4.28. The lowest BCUT2D eigenvalue weighted by molar-refractivity contribution is 0.127. The van der Waals surface area contributed by atoms with Crippen molar-refractivity contribution >= 4 is 22.6 Å². The molecule has 1 saturated carbocycles. The smallest absolute Gasteiger partial charge is 0.256 e. The molecule has 0 radical (unpaired) electrons. The van der Waals surface area contributed by atoms with Crippen molar-refractivity contribution in [2.24, 2.45) is 0 Å². The quantitative estimate of drug-likeness (QED) is 0.475. The van der Waals surface area contributed by atoms with Crippen molar-refractivity contribution < 1.29 is 8.78 Å². The molecule has 4 heterocycles. The normalized spacial score (nSPS) is 19.2. The molecule has 10 heteroatoms. The summed E-state index contributed by atoms with van der Waals surface area (Å²) in [6.07, 6.45) is 5.69. The van der Waals surface area contributed by atoms with E-state index in [0.29, 0.717) is 40.7 Å². The van der Waals surface area contributed by atoms with E-state index in [2.05, 4.69) is 44.4 Å². The van der Waals surface area contributed by atoms with Gasteiger partial charge in [-0.05, 0) is 64.9 Å². The van der Waals surface area contributed by atoms with Gasteiger partial charge < -0.3 is 14.8 Å². The summed E-state index contributed by atoms with van der Waals surface area (Å²) in [5.41, 5.74) is 3.38. The van der Waals surface area contributed by atoms with E-state index in [1.165, 1.54) is 4.57 Å². The molecule has 0 aromatic carbocycles. The molecule has 0 spiro atoms. The fraction of sp³-hybridized carbons (Fsp3) is 0.478. The Morgan fingerprint density at radius 1 is 1.12 bits per heavy atom. The molecule has 174 valence electrons. The molecule has 0 bridgehead atoms. The lowest BCUT2D eigenvalue weighted by atomic mass is 9.91. The summed E-state index contributed by atoms with van der Waals surface area (Å²) >= 11 is 0. The van der Waals surface area contributed by atoms with Crippen LogP contribution in [-0.4, -0.2) is 66.6 Å². The molecule has 5 rings (SSSR count). The number of anilines is 1. The summed E-state index contributed by atoms with van der Waals surface area (Å²) < 4.78 is 29.3. The van der Waals surface area contributed by atoms with E-state index in [4.69, 9.17) is 0 Å². The number of halogens is 2. The number of aryl methyl sites for hydroxylation is 1. The number of hydrogen-bond donors (Lipinski definition) is 1. The predicted octanol–water partition coefficient (Wildman–Crippen LogP) is 4.00. The minimum Gasteiger partial charge on any atom is -0.350 e. The predicted molar refractivity (Wildman–Crippen MR) is 124 cm³/mol. The Morgan fingerprint density at radius 2 is 1.91 bits per heavy atom. The Hall–Kier alpha value is -3.14. The first-order chi connectivity index (χ1) is 15.9. The number of nitrogens with one attached hydrogen (secondary N) is 1. The fourth-order valence-corrected chi connectivity index (χ4v) is 4.72. The van der Waals surface area contributed by atoms with Crippen molar-refractivity contribution in [2.75, 3.05) is 19.4 Å². The Morgan fingerprint density at radius 3 is 2.64 bits per heavy atom. The van der Waals surface area contributed by atoms with Gasteiger partial charge in [-0.3, -0.25) is 0 Å². The number of hydrogen-bond acceptors (Lipinski definition) is 6. The van der Waals surface area contributed by atoms with E-state index >= 15 is 0 Å². The minimum absolute atomic E-state index is 0.371. The first-order valence-corrected chi connectivity index (χ1v) is 11.3. The van der Waals surface area contributed by atoms with Crippen molar-refractivity contribution in [3.8, 4) is 11.3 Å². The molecular weight excluding hydrogens is 426 g/mol. The van der Waals surface area contributed by atoms with Gasteiger partial charge in [-0.1, -0.05) is 0 Å². The molecule has 0 unspecified atom stereocenters. The van der Waals surface area contributed by atoms with Gasteiger partial charge in [-0.25, -0.2) is 28.2 Å². The fourth-order valence-electron chi connectivity index (χ4n) is 4.72.